The predicted molar refractivity (Wildman–Crippen MR) is 77.3 cm³/mol. The quantitative estimate of drug-likeness (QED) is 0.842. The highest BCUT2D eigenvalue weighted by molar-refractivity contribution is 5.82. The number of rotatable bonds is 4. The molecule has 3 heteroatoms. The molecule has 0 bridgehead atoms. The molecule has 1 fully saturated rings. The van der Waals surface area contributed by atoms with E-state index < -0.39 is 0 Å². The second-order valence-electron chi connectivity index (χ2n) is 6.52. The van der Waals surface area contributed by atoms with Gasteiger partial charge in [-0.25, -0.2) is 0 Å². The van der Waals surface area contributed by atoms with E-state index in [4.69, 9.17) is 9.47 Å². The number of hydrogen-bond donors (Lipinski definition) is 0. The van der Waals surface area contributed by atoms with Crippen LogP contribution in [-0.4, -0.2) is 18.0 Å². The van der Waals surface area contributed by atoms with Gasteiger partial charge in [-0.3, -0.25) is 4.79 Å². The fraction of sp³-hybridized carbons (Fsp3) is 0.588. The summed E-state index contributed by atoms with van der Waals surface area (Å²) in [7, 11) is 0. The van der Waals surface area contributed by atoms with Gasteiger partial charge in [0.1, 0.15) is 12.2 Å². The Hall–Kier alpha value is -1.51. The van der Waals surface area contributed by atoms with Crippen molar-refractivity contribution in [3.8, 4) is 11.5 Å². The zero-order chi connectivity index (χ0) is 14.2. The summed E-state index contributed by atoms with van der Waals surface area (Å²) in [5.41, 5.74) is 0.984. The summed E-state index contributed by atoms with van der Waals surface area (Å²) in [5, 5.41) is 0. The third kappa shape index (κ3) is 2.67. The van der Waals surface area contributed by atoms with Crippen LogP contribution in [0.2, 0.25) is 0 Å². The van der Waals surface area contributed by atoms with Crippen LogP contribution in [-0.2, 0) is 11.2 Å². The van der Waals surface area contributed by atoms with Crippen LogP contribution in [0.4, 0.5) is 0 Å². The number of hydrogen-bond acceptors (Lipinski definition) is 3. The lowest BCUT2D eigenvalue weighted by atomic mass is 10.0. The zero-order valence-corrected chi connectivity index (χ0v) is 12.3. The number of ether oxygens (including phenoxy) is 2. The average Bonchev–Trinajstić information content (AvgIpc) is 3.01. The summed E-state index contributed by atoms with van der Waals surface area (Å²) in [6, 6.07) is 5.93. The summed E-state index contributed by atoms with van der Waals surface area (Å²) < 4.78 is 11.7. The monoisotopic (exact) mass is 274 g/mol. The van der Waals surface area contributed by atoms with E-state index in [0.29, 0.717) is 5.75 Å². The summed E-state index contributed by atoms with van der Waals surface area (Å²) in [5.74, 6) is 1.97. The van der Waals surface area contributed by atoms with Crippen molar-refractivity contribution in [1.82, 2.24) is 0 Å². The highest BCUT2D eigenvalue weighted by Crippen LogP contribution is 2.41. The minimum atomic E-state index is -0.183. The van der Waals surface area contributed by atoms with E-state index in [2.05, 4.69) is 19.9 Å². The minimum Gasteiger partial charge on any atom is -0.483 e. The smallest absolute Gasteiger partial charge is 0.173 e. The number of Topliss-reactive ketones (excluding diaryl/α,β-unsaturated/α-hetero) is 1. The van der Waals surface area contributed by atoms with E-state index in [1.165, 1.54) is 18.4 Å². The molecule has 0 aromatic heterocycles. The topological polar surface area (TPSA) is 35.5 Å². The van der Waals surface area contributed by atoms with Crippen LogP contribution in [0.25, 0.3) is 0 Å². The van der Waals surface area contributed by atoms with Gasteiger partial charge >= 0.3 is 0 Å². The van der Waals surface area contributed by atoms with E-state index >= 15 is 0 Å². The van der Waals surface area contributed by atoms with Crippen molar-refractivity contribution in [3.63, 3.8) is 0 Å². The van der Waals surface area contributed by atoms with E-state index in [1.54, 1.807) is 0 Å². The van der Waals surface area contributed by atoms with E-state index in [9.17, 15) is 4.79 Å². The summed E-state index contributed by atoms with van der Waals surface area (Å²) in [4.78, 5) is 12.1. The van der Waals surface area contributed by atoms with Gasteiger partial charge in [-0.2, -0.15) is 0 Å². The maximum Gasteiger partial charge on any atom is 0.173 e. The molecule has 0 unspecified atom stereocenters. The molecule has 0 radical (unpaired) electrons. The van der Waals surface area contributed by atoms with Crippen LogP contribution in [0.1, 0.15) is 45.1 Å². The molecule has 1 heterocycles. The van der Waals surface area contributed by atoms with Crippen molar-refractivity contribution in [1.29, 1.82) is 0 Å². The van der Waals surface area contributed by atoms with Gasteiger partial charge in [-0.05, 0) is 32.8 Å². The molecule has 2 aliphatic rings. The van der Waals surface area contributed by atoms with E-state index in [1.807, 2.05) is 12.1 Å². The molecule has 1 saturated carbocycles. The Bertz CT molecular complexity index is 513. The lowest BCUT2D eigenvalue weighted by Gasteiger charge is -2.18. The van der Waals surface area contributed by atoms with Crippen LogP contribution >= 0.6 is 0 Å². The molecule has 20 heavy (non-hydrogen) atoms. The minimum absolute atomic E-state index is 0.172. The molecule has 1 aromatic carbocycles. The second-order valence-corrected chi connectivity index (χ2v) is 6.52. The Kier molecular flexibility index (Phi) is 3.45. The Labute approximate surface area is 120 Å². The maximum absolute atomic E-state index is 12.1. The highest BCUT2D eigenvalue weighted by atomic mass is 16.5. The Morgan fingerprint density at radius 1 is 1.35 bits per heavy atom. The SMILES string of the molecule is CC1(C)Cc2cccc(OCC(=O)C3CCCC3)c2O1. The molecule has 108 valence electrons. The van der Waals surface area contributed by atoms with Gasteiger partial charge < -0.3 is 9.47 Å². The zero-order valence-electron chi connectivity index (χ0n) is 12.3. The number of carbonyl (C=O) groups is 1. The number of benzene rings is 1. The third-order valence-corrected chi connectivity index (χ3v) is 4.24. The molecule has 0 spiro atoms. The van der Waals surface area contributed by atoms with E-state index in [-0.39, 0.29) is 23.9 Å². The lowest BCUT2D eigenvalue weighted by Crippen LogP contribution is -2.25. The molecular formula is C17H22O3. The lowest BCUT2D eigenvalue weighted by molar-refractivity contribution is -0.124. The molecule has 1 aliphatic heterocycles. The fourth-order valence-corrected chi connectivity index (χ4v) is 3.22. The Morgan fingerprint density at radius 3 is 2.85 bits per heavy atom. The van der Waals surface area contributed by atoms with Crippen molar-refractivity contribution < 1.29 is 14.3 Å². The van der Waals surface area contributed by atoms with Gasteiger partial charge in [0.15, 0.2) is 17.3 Å². The fourth-order valence-electron chi connectivity index (χ4n) is 3.22. The first kappa shape index (κ1) is 13.5. The van der Waals surface area contributed by atoms with Crippen molar-refractivity contribution in [2.75, 3.05) is 6.61 Å². The van der Waals surface area contributed by atoms with Gasteiger partial charge in [0.2, 0.25) is 0 Å². The second kappa shape index (κ2) is 5.12. The van der Waals surface area contributed by atoms with Crippen molar-refractivity contribution in [3.05, 3.63) is 23.8 Å². The number of fused-ring (bicyclic) bond motifs is 1. The number of para-hydroxylation sites is 1. The van der Waals surface area contributed by atoms with Crippen molar-refractivity contribution >= 4 is 5.78 Å². The molecule has 1 aromatic rings. The van der Waals surface area contributed by atoms with Crippen LogP contribution in [0.3, 0.4) is 0 Å². The third-order valence-electron chi connectivity index (χ3n) is 4.24. The first-order valence-electron chi connectivity index (χ1n) is 7.52. The van der Waals surface area contributed by atoms with Gasteiger partial charge in [0.05, 0.1) is 0 Å². The summed E-state index contributed by atoms with van der Waals surface area (Å²) in [6.45, 7) is 4.31. The summed E-state index contributed by atoms with van der Waals surface area (Å²) >= 11 is 0. The van der Waals surface area contributed by atoms with Gasteiger partial charge in [-0.1, -0.05) is 25.0 Å². The average molecular weight is 274 g/mol. The number of ketones is 1. The first-order chi connectivity index (χ1) is 9.55. The predicted octanol–water partition coefficient (Wildman–Crippen LogP) is 3.54. The number of carbonyl (C=O) groups excluding carboxylic acids is 1. The molecule has 3 nitrogen and oxygen atoms in total. The van der Waals surface area contributed by atoms with Crippen LogP contribution in [0, 0.1) is 5.92 Å². The van der Waals surface area contributed by atoms with Gasteiger partial charge in [-0.15, -0.1) is 0 Å². The summed E-state index contributed by atoms with van der Waals surface area (Å²) in [6.07, 6.45) is 5.29. The standard InChI is InChI=1S/C17H22O3/c1-17(2)10-13-8-5-9-15(16(13)20-17)19-11-14(18)12-6-3-4-7-12/h5,8-9,12H,3-4,6-7,10-11H2,1-2H3. The molecule has 0 amide bonds. The molecule has 0 atom stereocenters. The van der Waals surface area contributed by atoms with Gasteiger partial charge in [0, 0.05) is 17.9 Å². The Balaban J connectivity index is 1.67. The normalized spacial score (nSPS) is 20.5. The maximum atomic E-state index is 12.1. The van der Waals surface area contributed by atoms with Crippen LogP contribution < -0.4 is 9.47 Å². The molecule has 0 N–H and O–H groups in total. The first-order valence-corrected chi connectivity index (χ1v) is 7.52. The van der Waals surface area contributed by atoms with Crippen molar-refractivity contribution in [2.45, 2.75) is 51.6 Å². The molecule has 0 saturated heterocycles. The molecule has 1 aliphatic carbocycles. The van der Waals surface area contributed by atoms with E-state index in [0.717, 1.165) is 25.0 Å². The van der Waals surface area contributed by atoms with Crippen molar-refractivity contribution in [2.24, 2.45) is 5.92 Å². The van der Waals surface area contributed by atoms with Gasteiger partial charge in [0.25, 0.3) is 0 Å². The largest absolute Gasteiger partial charge is 0.483 e. The highest BCUT2D eigenvalue weighted by Gasteiger charge is 2.32. The molecule has 3 rings (SSSR count). The van der Waals surface area contributed by atoms with Crippen LogP contribution in [0.15, 0.2) is 18.2 Å². The van der Waals surface area contributed by atoms with Crippen LogP contribution in [0.5, 0.6) is 11.5 Å². The Morgan fingerprint density at radius 2 is 2.10 bits per heavy atom. The molecular weight excluding hydrogens is 252 g/mol.